The Morgan fingerprint density at radius 2 is 1.75 bits per heavy atom. The second-order valence-electron chi connectivity index (χ2n) is 6.02. The van der Waals surface area contributed by atoms with Crippen LogP contribution in [0.1, 0.15) is 22.8 Å². The molecule has 1 fully saturated rings. The van der Waals surface area contributed by atoms with Crippen LogP contribution in [-0.2, 0) is 11.3 Å². The summed E-state index contributed by atoms with van der Waals surface area (Å²) in [5.74, 6) is -0.248. The Bertz CT molecular complexity index is 664. The van der Waals surface area contributed by atoms with Crippen molar-refractivity contribution in [2.24, 2.45) is 0 Å². The maximum absolute atomic E-state index is 11.9. The zero-order valence-electron chi connectivity index (χ0n) is 14.1. The van der Waals surface area contributed by atoms with Crippen LogP contribution in [0.25, 0.3) is 0 Å². The van der Waals surface area contributed by atoms with Gasteiger partial charge in [0.15, 0.2) is 0 Å². The molecule has 0 aromatic heterocycles. The maximum Gasteiger partial charge on any atom is 0.338 e. The molecule has 0 unspecified atom stereocenters. The highest BCUT2D eigenvalue weighted by atomic mass is 16.5. The number of hydrogen-bond acceptors (Lipinski definition) is 4. The highest BCUT2D eigenvalue weighted by molar-refractivity contribution is 5.90. The Hall–Kier alpha value is -2.33. The van der Waals surface area contributed by atoms with Gasteiger partial charge >= 0.3 is 5.97 Å². The van der Waals surface area contributed by atoms with Crippen LogP contribution < -0.4 is 4.90 Å². The number of ether oxygens (including phenoxy) is 1. The van der Waals surface area contributed by atoms with Crippen LogP contribution in [-0.4, -0.2) is 43.7 Å². The molecule has 2 aromatic rings. The molecule has 24 heavy (non-hydrogen) atoms. The molecule has 3 rings (SSSR count). The van der Waals surface area contributed by atoms with E-state index in [2.05, 4.69) is 46.2 Å². The van der Waals surface area contributed by atoms with Crippen LogP contribution in [0.4, 0.5) is 5.69 Å². The van der Waals surface area contributed by atoms with Crippen molar-refractivity contribution in [2.75, 3.05) is 37.7 Å². The monoisotopic (exact) mass is 324 g/mol. The summed E-state index contributed by atoms with van der Waals surface area (Å²) in [4.78, 5) is 16.7. The first-order chi connectivity index (χ1) is 11.8. The van der Waals surface area contributed by atoms with Crippen LogP contribution in [0.2, 0.25) is 0 Å². The number of esters is 1. The summed E-state index contributed by atoms with van der Waals surface area (Å²) in [6.45, 7) is 7.22. The minimum atomic E-state index is -0.248. The van der Waals surface area contributed by atoms with Crippen LogP contribution in [0.5, 0.6) is 0 Å². The van der Waals surface area contributed by atoms with E-state index >= 15 is 0 Å². The van der Waals surface area contributed by atoms with Crippen LogP contribution in [0.3, 0.4) is 0 Å². The Kier molecular flexibility index (Phi) is 5.49. The third-order valence-corrected chi connectivity index (χ3v) is 4.34. The molecule has 1 aliphatic heterocycles. The van der Waals surface area contributed by atoms with Crippen LogP contribution in [0.15, 0.2) is 54.6 Å². The second-order valence-corrected chi connectivity index (χ2v) is 6.02. The lowest BCUT2D eigenvalue weighted by molar-refractivity contribution is 0.0526. The molecule has 2 aromatic carbocycles. The first-order valence-electron chi connectivity index (χ1n) is 8.54. The number of anilines is 1. The molecule has 0 atom stereocenters. The minimum Gasteiger partial charge on any atom is -0.462 e. The van der Waals surface area contributed by atoms with Gasteiger partial charge in [0, 0.05) is 38.4 Å². The van der Waals surface area contributed by atoms with Gasteiger partial charge in [-0.05, 0) is 30.7 Å². The molecular formula is C20H24N2O2. The van der Waals surface area contributed by atoms with Gasteiger partial charge in [-0.3, -0.25) is 4.90 Å². The molecule has 0 saturated carbocycles. The molecule has 0 amide bonds. The summed E-state index contributed by atoms with van der Waals surface area (Å²) in [5.41, 5.74) is 3.08. The molecule has 1 saturated heterocycles. The molecule has 0 N–H and O–H groups in total. The van der Waals surface area contributed by atoms with Crippen molar-refractivity contribution in [3.05, 3.63) is 65.7 Å². The molecule has 126 valence electrons. The molecule has 0 bridgehead atoms. The van der Waals surface area contributed by atoms with E-state index in [4.69, 9.17) is 4.74 Å². The smallest absolute Gasteiger partial charge is 0.338 e. The Labute approximate surface area is 143 Å². The van der Waals surface area contributed by atoms with Gasteiger partial charge in [-0.15, -0.1) is 0 Å². The fourth-order valence-corrected chi connectivity index (χ4v) is 3.05. The van der Waals surface area contributed by atoms with Crippen LogP contribution in [0, 0.1) is 0 Å². The molecule has 1 heterocycles. The number of nitrogens with zero attached hydrogens (tertiary/aromatic N) is 2. The predicted molar refractivity (Wildman–Crippen MR) is 96.3 cm³/mol. The van der Waals surface area contributed by atoms with E-state index in [0.29, 0.717) is 12.2 Å². The molecule has 0 radical (unpaired) electrons. The molecule has 1 aliphatic rings. The predicted octanol–water partition coefficient (Wildman–Crippen LogP) is 3.19. The van der Waals surface area contributed by atoms with Crippen molar-refractivity contribution < 1.29 is 9.53 Å². The Balaban J connectivity index is 1.58. The molecule has 0 aliphatic carbocycles. The SMILES string of the molecule is CCOC(=O)c1cccc(N2CCN(Cc3ccccc3)CC2)c1. The van der Waals surface area contributed by atoms with Crippen molar-refractivity contribution in [3.8, 4) is 0 Å². The van der Waals surface area contributed by atoms with Gasteiger partial charge in [0.2, 0.25) is 0 Å². The zero-order valence-corrected chi connectivity index (χ0v) is 14.1. The van der Waals surface area contributed by atoms with Crippen molar-refractivity contribution in [1.29, 1.82) is 0 Å². The average Bonchev–Trinajstić information content (AvgIpc) is 2.63. The van der Waals surface area contributed by atoms with Gasteiger partial charge in [-0.2, -0.15) is 0 Å². The van der Waals surface area contributed by atoms with Crippen LogP contribution >= 0.6 is 0 Å². The lowest BCUT2D eigenvalue weighted by Crippen LogP contribution is -2.46. The van der Waals surface area contributed by atoms with Gasteiger partial charge in [0.05, 0.1) is 12.2 Å². The Morgan fingerprint density at radius 3 is 2.46 bits per heavy atom. The van der Waals surface area contributed by atoms with Gasteiger partial charge in [-0.25, -0.2) is 4.79 Å². The van der Waals surface area contributed by atoms with Crippen molar-refractivity contribution in [1.82, 2.24) is 4.90 Å². The lowest BCUT2D eigenvalue weighted by atomic mass is 10.1. The number of piperazine rings is 1. The fourth-order valence-electron chi connectivity index (χ4n) is 3.05. The first-order valence-corrected chi connectivity index (χ1v) is 8.54. The minimum absolute atomic E-state index is 0.248. The van der Waals surface area contributed by atoms with E-state index in [0.717, 1.165) is 38.4 Å². The van der Waals surface area contributed by atoms with E-state index in [1.807, 2.05) is 25.1 Å². The molecule has 4 heteroatoms. The van der Waals surface area contributed by atoms with Gasteiger partial charge < -0.3 is 9.64 Å². The maximum atomic E-state index is 11.9. The zero-order chi connectivity index (χ0) is 16.8. The first kappa shape index (κ1) is 16.5. The van der Waals surface area contributed by atoms with E-state index in [1.165, 1.54) is 5.56 Å². The third-order valence-electron chi connectivity index (χ3n) is 4.34. The normalized spacial score (nSPS) is 15.3. The highest BCUT2D eigenvalue weighted by Crippen LogP contribution is 2.19. The quantitative estimate of drug-likeness (QED) is 0.791. The number of carbonyl (C=O) groups is 1. The Morgan fingerprint density at radius 1 is 1.00 bits per heavy atom. The average molecular weight is 324 g/mol. The van der Waals surface area contributed by atoms with Gasteiger partial charge in [-0.1, -0.05) is 36.4 Å². The number of carbonyl (C=O) groups excluding carboxylic acids is 1. The summed E-state index contributed by atoms with van der Waals surface area (Å²) in [6.07, 6.45) is 0. The summed E-state index contributed by atoms with van der Waals surface area (Å²) in [6, 6.07) is 18.3. The van der Waals surface area contributed by atoms with Crippen molar-refractivity contribution in [3.63, 3.8) is 0 Å². The van der Waals surface area contributed by atoms with E-state index in [1.54, 1.807) is 0 Å². The molecular weight excluding hydrogens is 300 g/mol. The summed E-state index contributed by atoms with van der Waals surface area (Å²) < 4.78 is 5.09. The van der Waals surface area contributed by atoms with Crippen molar-refractivity contribution >= 4 is 11.7 Å². The van der Waals surface area contributed by atoms with E-state index < -0.39 is 0 Å². The van der Waals surface area contributed by atoms with Crippen molar-refractivity contribution in [2.45, 2.75) is 13.5 Å². The summed E-state index contributed by atoms with van der Waals surface area (Å²) in [5, 5.41) is 0. The fraction of sp³-hybridized carbons (Fsp3) is 0.350. The summed E-state index contributed by atoms with van der Waals surface area (Å²) in [7, 11) is 0. The topological polar surface area (TPSA) is 32.8 Å². The number of hydrogen-bond donors (Lipinski definition) is 0. The van der Waals surface area contributed by atoms with E-state index in [9.17, 15) is 4.79 Å². The number of benzene rings is 2. The van der Waals surface area contributed by atoms with E-state index in [-0.39, 0.29) is 5.97 Å². The summed E-state index contributed by atoms with van der Waals surface area (Å²) >= 11 is 0. The largest absolute Gasteiger partial charge is 0.462 e. The second kappa shape index (κ2) is 7.97. The van der Waals surface area contributed by atoms with Gasteiger partial charge in [0.1, 0.15) is 0 Å². The standard InChI is InChI=1S/C20H24N2O2/c1-2-24-20(23)18-9-6-10-19(15-18)22-13-11-21(12-14-22)16-17-7-4-3-5-8-17/h3-10,15H,2,11-14,16H2,1H3. The van der Waals surface area contributed by atoms with Gasteiger partial charge in [0.25, 0.3) is 0 Å². The molecule has 4 nitrogen and oxygen atoms in total. The molecule has 0 spiro atoms. The lowest BCUT2D eigenvalue weighted by Gasteiger charge is -2.36. The highest BCUT2D eigenvalue weighted by Gasteiger charge is 2.18. The third kappa shape index (κ3) is 4.15. The number of rotatable bonds is 5.